The van der Waals surface area contributed by atoms with Gasteiger partial charge < -0.3 is 5.32 Å². The molecule has 2 heterocycles. The summed E-state index contributed by atoms with van der Waals surface area (Å²) < 4.78 is 0. The monoisotopic (exact) mass is 384 g/mol. The van der Waals surface area contributed by atoms with Gasteiger partial charge in [-0.2, -0.15) is 0 Å². The molecule has 2 atom stereocenters. The molecular formula is C19H20N4O3S. The average molecular weight is 384 g/mol. The van der Waals surface area contributed by atoms with Crippen LogP contribution in [0, 0.1) is 11.8 Å². The van der Waals surface area contributed by atoms with Crippen LogP contribution in [0.4, 0.5) is 5.13 Å². The normalized spacial score (nSPS) is 22.0. The van der Waals surface area contributed by atoms with Gasteiger partial charge >= 0.3 is 0 Å². The topological polar surface area (TPSA) is 92.3 Å². The Balaban J connectivity index is 1.33. The number of nitrogens with zero attached hydrogens (tertiary/aromatic N) is 3. The van der Waals surface area contributed by atoms with E-state index in [-0.39, 0.29) is 42.5 Å². The lowest BCUT2D eigenvalue weighted by Crippen LogP contribution is -2.34. The van der Waals surface area contributed by atoms with Crippen LogP contribution in [0.5, 0.6) is 0 Å². The van der Waals surface area contributed by atoms with Gasteiger partial charge in [0.2, 0.25) is 22.9 Å². The summed E-state index contributed by atoms with van der Waals surface area (Å²) in [6, 6.07) is 9.60. The third-order valence-corrected chi connectivity index (χ3v) is 6.07. The zero-order chi connectivity index (χ0) is 18.8. The van der Waals surface area contributed by atoms with E-state index >= 15 is 0 Å². The largest absolute Gasteiger partial charge is 0.300 e. The van der Waals surface area contributed by atoms with Crippen molar-refractivity contribution in [3.05, 3.63) is 30.3 Å². The van der Waals surface area contributed by atoms with Crippen molar-refractivity contribution >= 4 is 34.2 Å². The third-order valence-electron chi connectivity index (χ3n) is 5.19. The van der Waals surface area contributed by atoms with E-state index in [0.717, 1.165) is 36.3 Å². The van der Waals surface area contributed by atoms with Crippen LogP contribution in [0.1, 0.15) is 32.1 Å². The Bertz CT molecular complexity index is 843. The minimum Gasteiger partial charge on any atom is -0.300 e. The lowest BCUT2D eigenvalue weighted by molar-refractivity contribution is -0.140. The molecule has 0 radical (unpaired) electrons. The van der Waals surface area contributed by atoms with Crippen LogP contribution in [0.25, 0.3) is 10.6 Å². The molecule has 0 bridgehead atoms. The fourth-order valence-corrected chi connectivity index (χ4v) is 4.58. The predicted molar refractivity (Wildman–Crippen MR) is 101 cm³/mol. The SMILES string of the molecule is O=C(CCN1C(=O)C2CCCCC2C1=O)Nc1nnc(-c2ccccc2)s1. The number of anilines is 1. The number of imide groups is 1. The molecule has 2 aromatic rings. The molecule has 1 saturated carbocycles. The fraction of sp³-hybridized carbons (Fsp3) is 0.421. The first-order valence-corrected chi connectivity index (χ1v) is 9.99. The number of carbonyl (C=O) groups is 3. The second kappa shape index (κ2) is 7.56. The summed E-state index contributed by atoms with van der Waals surface area (Å²) in [5.41, 5.74) is 0.936. The predicted octanol–water partition coefficient (Wildman–Crippen LogP) is 2.71. The van der Waals surface area contributed by atoms with Crippen molar-refractivity contribution in [3.63, 3.8) is 0 Å². The second-order valence-corrected chi connectivity index (χ2v) is 7.88. The van der Waals surface area contributed by atoms with E-state index in [1.54, 1.807) is 0 Å². The quantitative estimate of drug-likeness (QED) is 0.800. The molecule has 1 aromatic carbocycles. The number of hydrogen-bond donors (Lipinski definition) is 1. The number of benzene rings is 1. The first-order chi connectivity index (χ1) is 13.1. The standard InChI is InChI=1S/C19H20N4O3S/c24-15(20-19-22-21-16(27-19)12-6-2-1-3-7-12)10-11-23-17(25)13-8-4-5-9-14(13)18(23)26/h1-3,6-7,13-14H,4-5,8-11H2,(H,20,22,24). The molecule has 1 N–H and O–H groups in total. The van der Waals surface area contributed by atoms with Gasteiger partial charge in [-0.1, -0.05) is 54.5 Å². The molecule has 7 nitrogen and oxygen atoms in total. The number of likely N-dealkylation sites (tertiary alicyclic amines) is 1. The summed E-state index contributed by atoms with van der Waals surface area (Å²) in [5.74, 6) is -0.849. The molecule has 8 heteroatoms. The molecule has 1 saturated heterocycles. The summed E-state index contributed by atoms with van der Waals surface area (Å²) in [6.07, 6.45) is 3.62. The number of hydrogen-bond acceptors (Lipinski definition) is 6. The summed E-state index contributed by atoms with van der Waals surface area (Å²) in [6.45, 7) is 0.126. The van der Waals surface area contributed by atoms with Gasteiger partial charge in [-0.05, 0) is 12.8 Å². The highest BCUT2D eigenvalue weighted by atomic mass is 32.1. The van der Waals surface area contributed by atoms with Crippen molar-refractivity contribution in [3.8, 4) is 10.6 Å². The smallest absolute Gasteiger partial charge is 0.233 e. The van der Waals surface area contributed by atoms with Crippen molar-refractivity contribution in [1.82, 2.24) is 15.1 Å². The maximum absolute atomic E-state index is 12.4. The number of amides is 3. The van der Waals surface area contributed by atoms with Gasteiger partial charge in [-0.15, -0.1) is 10.2 Å². The van der Waals surface area contributed by atoms with Crippen LogP contribution in [0.15, 0.2) is 30.3 Å². The summed E-state index contributed by atoms with van der Waals surface area (Å²) in [5, 5.41) is 11.9. The van der Waals surface area contributed by atoms with Crippen LogP contribution in [-0.4, -0.2) is 39.4 Å². The van der Waals surface area contributed by atoms with Crippen LogP contribution in [0.2, 0.25) is 0 Å². The summed E-state index contributed by atoms with van der Waals surface area (Å²) in [7, 11) is 0. The first kappa shape index (κ1) is 17.8. The highest BCUT2D eigenvalue weighted by Crippen LogP contribution is 2.38. The third kappa shape index (κ3) is 3.62. The molecule has 2 unspecified atom stereocenters. The van der Waals surface area contributed by atoms with E-state index in [0.29, 0.717) is 5.13 Å². The molecule has 2 fully saturated rings. The highest BCUT2D eigenvalue weighted by molar-refractivity contribution is 7.18. The van der Waals surface area contributed by atoms with Crippen LogP contribution in [-0.2, 0) is 14.4 Å². The number of aromatic nitrogens is 2. The Hall–Kier alpha value is -2.61. The first-order valence-electron chi connectivity index (χ1n) is 9.17. The minimum atomic E-state index is -0.277. The lowest BCUT2D eigenvalue weighted by Gasteiger charge is -2.19. The Labute approximate surface area is 160 Å². The number of fused-ring (bicyclic) bond motifs is 1. The zero-order valence-electron chi connectivity index (χ0n) is 14.8. The Morgan fingerprint density at radius 1 is 1.07 bits per heavy atom. The van der Waals surface area contributed by atoms with Gasteiger partial charge in [0.25, 0.3) is 0 Å². The number of carbonyl (C=O) groups excluding carboxylic acids is 3. The van der Waals surface area contributed by atoms with Gasteiger partial charge in [0.1, 0.15) is 5.01 Å². The Morgan fingerprint density at radius 2 is 1.74 bits per heavy atom. The van der Waals surface area contributed by atoms with Gasteiger partial charge in [-0.25, -0.2) is 0 Å². The van der Waals surface area contributed by atoms with Crippen molar-refractivity contribution in [2.24, 2.45) is 11.8 Å². The average Bonchev–Trinajstić information content (AvgIpc) is 3.25. The Morgan fingerprint density at radius 3 is 2.41 bits per heavy atom. The summed E-state index contributed by atoms with van der Waals surface area (Å²) >= 11 is 1.29. The molecule has 3 amide bonds. The maximum atomic E-state index is 12.4. The second-order valence-electron chi connectivity index (χ2n) is 6.90. The van der Waals surface area contributed by atoms with E-state index in [2.05, 4.69) is 15.5 Å². The van der Waals surface area contributed by atoms with E-state index in [4.69, 9.17) is 0 Å². The molecule has 1 aliphatic carbocycles. The molecule has 4 rings (SSSR count). The number of nitrogens with one attached hydrogen (secondary N) is 1. The van der Waals surface area contributed by atoms with Gasteiger partial charge in [-0.3, -0.25) is 19.3 Å². The van der Waals surface area contributed by atoms with Gasteiger partial charge in [0.05, 0.1) is 11.8 Å². The van der Waals surface area contributed by atoms with E-state index in [1.807, 2.05) is 30.3 Å². The van der Waals surface area contributed by atoms with E-state index < -0.39 is 0 Å². The molecule has 27 heavy (non-hydrogen) atoms. The van der Waals surface area contributed by atoms with E-state index in [9.17, 15) is 14.4 Å². The van der Waals surface area contributed by atoms with Crippen LogP contribution in [0.3, 0.4) is 0 Å². The molecule has 1 aromatic heterocycles. The van der Waals surface area contributed by atoms with Gasteiger partial charge in [0.15, 0.2) is 0 Å². The van der Waals surface area contributed by atoms with Crippen LogP contribution >= 0.6 is 11.3 Å². The minimum absolute atomic E-state index is 0.0666. The lowest BCUT2D eigenvalue weighted by atomic mass is 9.81. The Kier molecular flexibility index (Phi) is 4.98. The number of rotatable bonds is 5. The zero-order valence-corrected chi connectivity index (χ0v) is 15.6. The van der Waals surface area contributed by atoms with Crippen molar-refractivity contribution in [1.29, 1.82) is 0 Å². The fourth-order valence-electron chi connectivity index (χ4n) is 3.82. The molecular weight excluding hydrogens is 364 g/mol. The summed E-state index contributed by atoms with van der Waals surface area (Å²) in [4.78, 5) is 38.4. The maximum Gasteiger partial charge on any atom is 0.233 e. The molecule has 140 valence electrons. The molecule has 2 aliphatic rings. The van der Waals surface area contributed by atoms with Crippen molar-refractivity contribution < 1.29 is 14.4 Å². The van der Waals surface area contributed by atoms with Crippen molar-refractivity contribution in [2.45, 2.75) is 32.1 Å². The van der Waals surface area contributed by atoms with Gasteiger partial charge in [0, 0.05) is 18.5 Å². The molecule has 0 spiro atoms. The van der Waals surface area contributed by atoms with Crippen LogP contribution < -0.4 is 5.32 Å². The van der Waals surface area contributed by atoms with E-state index in [1.165, 1.54) is 16.2 Å². The van der Waals surface area contributed by atoms with Crippen molar-refractivity contribution in [2.75, 3.05) is 11.9 Å². The highest BCUT2D eigenvalue weighted by Gasteiger charge is 2.47. The molecule has 1 aliphatic heterocycles.